The van der Waals surface area contributed by atoms with E-state index >= 15 is 0 Å². The van der Waals surface area contributed by atoms with Crippen molar-refractivity contribution in [1.82, 2.24) is 20.0 Å². The molecule has 0 saturated carbocycles. The predicted molar refractivity (Wildman–Crippen MR) is 69.8 cm³/mol. The van der Waals surface area contributed by atoms with E-state index in [1.807, 2.05) is 17.9 Å². The van der Waals surface area contributed by atoms with Gasteiger partial charge in [0.25, 0.3) is 0 Å². The molecule has 4 nitrogen and oxygen atoms in total. The highest BCUT2D eigenvalue weighted by Gasteiger charge is 2.07. The molecule has 0 radical (unpaired) electrons. The molecule has 1 aliphatic heterocycles. The van der Waals surface area contributed by atoms with E-state index in [9.17, 15) is 0 Å². The molecule has 1 saturated heterocycles. The molecule has 1 aromatic heterocycles. The first-order chi connectivity index (χ1) is 8.36. The van der Waals surface area contributed by atoms with Crippen LogP contribution in [0.2, 0.25) is 0 Å². The Morgan fingerprint density at radius 1 is 1.24 bits per heavy atom. The van der Waals surface area contributed by atoms with Gasteiger partial charge < -0.3 is 10.2 Å². The van der Waals surface area contributed by atoms with E-state index in [0.29, 0.717) is 0 Å². The zero-order valence-corrected chi connectivity index (χ0v) is 10.9. The van der Waals surface area contributed by atoms with Gasteiger partial charge in [0, 0.05) is 32.9 Å². The fraction of sp³-hybridized carbons (Fsp3) is 0.769. The molecular formula is C13H24N4. The molecule has 2 heterocycles. The van der Waals surface area contributed by atoms with E-state index < -0.39 is 0 Å². The SMILES string of the molecule is Cn1nccc1CNCCN1CCCCCC1. The highest BCUT2D eigenvalue weighted by molar-refractivity contribution is 4.98. The quantitative estimate of drug-likeness (QED) is 0.784. The van der Waals surface area contributed by atoms with E-state index in [4.69, 9.17) is 0 Å². The van der Waals surface area contributed by atoms with Gasteiger partial charge in [-0.15, -0.1) is 0 Å². The second-order valence-electron chi connectivity index (χ2n) is 4.88. The highest BCUT2D eigenvalue weighted by Crippen LogP contribution is 2.08. The van der Waals surface area contributed by atoms with E-state index in [-0.39, 0.29) is 0 Å². The molecule has 0 amide bonds. The summed E-state index contributed by atoms with van der Waals surface area (Å²) in [6.45, 7) is 5.74. The minimum absolute atomic E-state index is 0.921. The summed E-state index contributed by atoms with van der Waals surface area (Å²) >= 11 is 0. The number of likely N-dealkylation sites (tertiary alicyclic amines) is 1. The maximum absolute atomic E-state index is 4.16. The fourth-order valence-electron chi connectivity index (χ4n) is 2.39. The summed E-state index contributed by atoms with van der Waals surface area (Å²) in [5, 5.41) is 7.66. The molecule has 0 atom stereocenters. The third-order valence-electron chi connectivity index (χ3n) is 3.53. The van der Waals surface area contributed by atoms with Crippen LogP contribution in [-0.2, 0) is 13.6 Å². The molecule has 1 N–H and O–H groups in total. The minimum Gasteiger partial charge on any atom is -0.310 e. The van der Waals surface area contributed by atoms with Crippen molar-refractivity contribution in [3.8, 4) is 0 Å². The normalized spacial score (nSPS) is 18.2. The van der Waals surface area contributed by atoms with Crippen LogP contribution in [-0.4, -0.2) is 40.9 Å². The molecule has 1 aromatic rings. The summed E-state index contributed by atoms with van der Waals surface area (Å²) < 4.78 is 1.93. The van der Waals surface area contributed by atoms with Gasteiger partial charge in [0.05, 0.1) is 5.69 Å². The Hall–Kier alpha value is -0.870. The Labute approximate surface area is 104 Å². The van der Waals surface area contributed by atoms with Crippen LogP contribution in [0.4, 0.5) is 0 Å². The number of aromatic nitrogens is 2. The third-order valence-corrected chi connectivity index (χ3v) is 3.53. The zero-order chi connectivity index (χ0) is 11.9. The third kappa shape index (κ3) is 4.13. The number of nitrogens with zero attached hydrogens (tertiary/aromatic N) is 3. The second kappa shape index (κ2) is 6.77. The molecule has 4 heteroatoms. The molecule has 1 fully saturated rings. The second-order valence-corrected chi connectivity index (χ2v) is 4.88. The fourth-order valence-corrected chi connectivity index (χ4v) is 2.39. The number of nitrogens with one attached hydrogen (secondary N) is 1. The van der Waals surface area contributed by atoms with E-state index in [1.165, 1.54) is 51.0 Å². The van der Waals surface area contributed by atoms with E-state index in [0.717, 1.165) is 13.1 Å². The number of hydrogen-bond acceptors (Lipinski definition) is 3. The van der Waals surface area contributed by atoms with Crippen LogP contribution in [0.25, 0.3) is 0 Å². The van der Waals surface area contributed by atoms with Crippen molar-refractivity contribution in [2.75, 3.05) is 26.2 Å². The topological polar surface area (TPSA) is 33.1 Å². The largest absolute Gasteiger partial charge is 0.310 e. The van der Waals surface area contributed by atoms with Gasteiger partial charge in [0.2, 0.25) is 0 Å². The predicted octanol–water partition coefficient (Wildman–Crippen LogP) is 1.39. The van der Waals surface area contributed by atoms with Gasteiger partial charge in [-0.3, -0.25) is 4.68 Å². The van der Waals surface area contributed by atoms with E-state index in [1.54, 1.807) is 0 Å². The summed E-state index contributed by atoms with van der Waals surface area (Å²) in [5.74, 6) is 0. The summed E-state index contributed by atoms with van der Waals surface area (Å²) in [7, 11) is 1.99. The molecule has 1 aliphatic rings. The first-order valence-electron chi connectivity index (χ1n) is 6.76. The lowest BCUT2D eigenvalue weighted by Crippen LogP contribution is -2.32. The van der Waals surface area contributed by atoms with Crippen LogP contribution in [0, 0.1) is 0 Å². The number of aryl methyl sites for hydroxylation is 1. The molecule has 0 bridgehead atoms. The highest BCUT2D eigenvalue weighted by atomic mass is 15.3. The Morgan fingerprint density at radius 3 is 2.65 bits per heavy atom. The molecule has 96 valence electrons. The maximum Gasteiger partial charge on any atom is 0.0518 e. The van der Waals surface area contributed by atoms with Crippen molar-refractivity contribution in [3.05, 3.63) is 18.0 Å². The summed E-state index contributed by atoms with van der Waals surface area (Å²) in [4.78, 5) is 2.59. The van der Waals surface area contributed by atoms with Crippen molar-refractivity contribution < 1.29 is 0 Å². The maximum atomic E-state index is 4.16. The molecule has 0 aromatic carbocycles. The average Bonchev–Trinajstić information content (AvgIpc) is 2.60. The van der Waals surface area contributed by atoms with Gasteiger partial charge in [-0.25, -0.2) is 0 Å². The van der Waals surface area contributed by atoms with Gasteiger partial charge in [0.1, 0.15) is 0 Å². The number of rotatable bonds is 5. The van der Waals surface area contributed by atoms with Gasteiger partial charge in [-0.05, 0) is 32.0 Å². The Bertz CT molecular complexity index is 313. The first-order valence-corrected chi connectivity index (χ1v) is 6.76. The summed E-state index contributed by atoms with van der Waals surface area (Å²) in [6.07, 6.45) is 7.44. The Morgan fingerprint density at radius 2 is 2.00 bits per heavy atom. The lowest BCUT2D eigenvalue weighted by atomic mass is 10.2. The Kier molecular flexibility index (Phi) is 5.01. The van der Waals surface area contributed by atoms with Crippen LogP contribution in [0.5, 0.6) is 0 Å². The smallest absolute Gasteiger partial charge is 0.0518 e. The van der Waals surface area contributed by atoms with Gasteiger partial charge in [0.15, 0.2) is 0 Å². The van der Waals surface area contributed by atoms with Gasteiger partial charge >= 0.3 is 0 Å². The Balaban J connectivity index is 1.61. The lowest BCUT2D eigenvalue weighted by molar-refractivity contribution is 0.283. The summed E-state index contributed by atoms with van der Waals surface area (Å²) in [6, 6.07) is 2.07. The van der Waals surface area contributed by atoms with Crippen LogP contribution >= 0.6 is 0 Å². The van der Waals surface area contributed by atoms with Crippen LogP contribution < -0.4 is 5.32 Å². The molecule has 17 heavy (non-hydrogen) atoms. The number of hydrogen-bond donors (Lipinski definition) is 1. The minimum atomic E-state index is 0.921. The monoisotopic (exact) mass is 236 g/mol. The van der Waals surface area contributed by atoms with Crippen LogP contribution in [0.1, 0.15) is 31.4 Å². The lowest BCUT2D eigenvalue weighted by Gasteiger charge is -2.19. The summed E-state index contributed by atoms with van der Waals surface area (Å²) in [5.41, 5.74) is 1.25. The van der Waals surface area contributed by atoms with Crippen molar-refractivity contribution in [3.63, 3.8) is 0 Å². The van der Waals surface area contributed by atoms with Crippen molar-refractivity contribution >= 4 is 0 Å². The first kappa shape index (κ1) is 12.6. The standard InChI is InChI=1S/C13H24N4/c1-16-13(6-7-15-16)12-14-8-11-17-9-4-2-3-5-10-17/h6-7,14H,2-5,8-12H2,1H3. The zero-order valence-electron chi connectivity index (χ0n) is 10.9. The van der Waals surface area contributed by atoms with Crippen LogP contribution in [0.15, 0.2) is 12.3 Å². The van der Waals surface area contributed by atoms with Crippen LogP contribution in [0.3, 0.4) is 0 Å². The average molecular weight is 236 g/mol. The molecule has 0 aliphatic carbocycles. The molecular weight excluding hydrogens is 212 g/mol. The van der Waals surface area contributed by atoms with Crippen molar-refractivity contribution in [2.45, 2.75) is 32.2 Å². The van der Waals surface area contributed by atoms with E-state index in [2.05, 4.69) is 21.4 Å². The molecule has 0 spiro atoms. The molecule has 2 rings (SSSR count). The van der Waals surface area contributed by atoms with Crippen molar-refractivity contribution in [2.24, 2.45) is 7.05 Å². The van der Waals surface area contributed by atoms with Gasteiger partial charge in [-0.2, -0.15) is 5.10 Å². The van der Waals surface area contributed by atoms with Crippen molar-refractivity contribution in [1.29, 1.82) is 0 Å². The van der Waals surface area contributed by atoms with Gasteiger partial charge in [-0.1, -0.05) is 12.8 Å². The molecule has 0 unspecified atom stereocenters.